The van der Waals surface area contributed by atoms with Crippen LogP contribution in [0.5, 0.6) is 17.2 Å². The Bertz CT molecular complexity index is 932. The second kappa shape index (κ2) is 9.02. The number of hydrogen-bond acceptors (Lipinski definition) is 7. The molecule has 1 heterocycles. The van der Waals surface area contributed by atoms with Crippen LogP contribution in [0, 0.1) is 0 Å². The van der Waals surface area contributed by atoms with Crippen molar-refractivity contribution in [2.45, 2.75) is 0 Å². The van der Waals surface area contributed by atoms with Crippen molar-refractivity contribution in [1.82, 2.24) is 0 Å². The van der Waals surface area contributed by atoms with Crippen molar-refractivity contribution in [3.05, 3.63) is 52.9 Å². The summed E-state index contributed by atoms with van der Waals surface area (Å²) in [7, 11) is 4.55. The Balaban J connectivity index is 2.07. The number of ether oxygens (including phenoxy) is 3. The van der Waals surface area contributed by atoms with Gasteiger partial charge >= 0.3 is 0 Å². The summed E-state index contributed by atoms with van der Waals surface area (Å²) in [5, 5.41) is 9.22. The van der Waals surface area contributed by atoms with E-state index in [-0.39, 0.29) is 17.1 Å². The summed E-state index contributed by atoms with van der Waals surface area (Å²) in [4.78, 5) is 27.9. The molecule has 3 rings (SSSR count). The number of carbonyl (C=O) groups is 2. The number of thioether (sulfide) groups is 1. The third-order valence-corrected chi connectivity index (χ3v) is 5.41. The van der Waals surface area contributed by atoms with Crippen LogP contribution >= 0.6 is 11.8 Å². The molecule has 0 aromatic heterocycles. The summed E-state index contributed by atoms with van der Waals surface area (Å²) >= 11 is 1.15. The van der Waals surface area contributed by atoms with Crippen molar-refractivity contribution in [1.29, 1.82) is 0 Å². The largest absolute Gasteiger partial charge is 0.497 e. The van der Waals surface area contributed by atoms with Crippen LogP contribution in [-0.4, -0.2) is 50.6 Å². The Morgan fingerprint density at radius 3 is 1.97 bits per heavy atom. The molecule has 2 amide bonds. The topological polar surface area (TPSA) is 85.3 Å². The Hall–Kier alpha value is -2.97. The van der Waals surface area contributed by atoms with Crippen molar-refractivity contribution >= 4 is 34.8 Å². The second-order valence-corrected chi connectivity index (χ2v) is 7.13. The minimum Gasteiger partial charge on any atom is -0.497 e. The van der Waals surface area contributed by atoms with Gasteiger partial charge < -0.3 is 19.3 Å². The van der Waals surface area contributed by atoms with Gasteiger partial charge in [-0.2, -0.15) is 0 Å². The summed E-state index contributed by atoms with van der Waals surface area (Å²) < 4.78 is 15.7. The highest BCUT2D eigenvalue weighted by molar-refractivity contribution is 8.04. The Labute approximate surface area is 172 Å². The van der Waals surface area contributed by atoms with Gasteiger partial charge in [-0.25, -0.2) is 4.90 Å². The monoisotopic (exact) mass is 415 g/mol. The van der Waals surface area contributed by atoms with E-state index in [0.29, 0.717) is 34.3 Å². The molecule has 0 atom stereocenters. The van der Waals surface area contributed by atoms with E-state index < -0.39 is 11.8 Å². The lowest BCUT2D eigenvalue weighted by atomic mass is 10.1. The number of imide groups is 1. The number of nitrogens with zero attached hydrogens (tertiary/aromatic N) is 1. The van der Waals surface area contributed by atoms with Crippen molar-refractivity contribution in [2.24, 2.45) is 0 Å². The molecule has 0 bridgehead atoms. The van der Waals surface area contributed by atoms with Crippen LogP contribution in [0.4, 0.5) is 5.69 Å². The number of hydrogen-bond donors (Lipinski definition) is 1. The molecule has 1 aliphatic heterocycles. The van der Waals surface area contributed by atoms with Crippen LogP contribution in [0.3, 0.4) is 0 Å². The predicted molar refractivity (Wildman–Crippen MR) is 111 cm³/mol. The average molecular weight is 415 g/mol. The molecular weight excluding hydrogens is 394 g/mol. The van der Waals surface area contributed by atoms with Crippen LogP contribution < -0.4 is 19.1 Å². The van der Waals surface area contributed by atoms with E-state index in [2.05, 4.69) is 0 Å². The second-order valence-electron chi connectivity index (χ2n) is 6.02. The van der Waals surface area contributed by atoms with Crippen LogP contribution in [0.15, 0.2) is 47.4 Å². The number of anilines is 1. The van der Waals surface area contributed by atoms with Gasteiger partial charge in [0.2, 0.25) is 0 Å². The maximum Gasteiger partial charge on any atom is 0.272 e. The van der Waals surface area contributed by atoms with Crippen LogP contribution in [0.2, 0.25) is 0 Å². The molecule has 29 heavy (non-hydrogen) atoms. The van der Waals surface area contributed by atoms with E-state index in [1.807, 2.05) is 0 Å². The lowest BCUT2D eigenvalue weighted by Crippen LogP contribution is -2.31. The number of aliphatic hydroxyl groups is 1. The number of methoxy groups -OCH3 is 3. The summed E-state index contributed by atoms with van der Waals surface area (Å²) in [5.74, 6) is 0.962. The first-order chi connectivity index (χ1) is 14.0. The molecule has 1 aliphatic rings. The summed E-state index contributed by atoms with van der Waals surface area (Å²) in [6.45, 7) is -0.113. The molecule has 1 N–H and O–H groups in total. The van der Waals surface area contributed by atoms with E-state index >= 15 is 0 Å². The fourth-order valence-electron chi connectivity index (χ4n) is 2.96. The van der Waals surface area contributed by atoms with E-state index in [0.717, 1.165) is 16.7 Å². The molecule has 7 nitrogen and oxygen atoms in total. The fourth-order valence-corrected chi connectivity index (χ4v) is 3.82. The molecular formula is C21H21NO6S. The molecule has 0 saturated carbocycles. The first-order valence-electron chi connectivity index (χ1n) is 8.78. The molecule has 0 fully saturated rings. The SMILES string of the molecule is COc1ccc(C2=C(SCCO)C(=O)N(c3cc(OC)cc(OC)c3)C2=O)cc1. The predicted octanol–water partition coefficient (Wildman–Crippen LogP) is 2.72. The number of rotatable bonds is 8. The first kappa shape index (κ1) is 20.8. The molecule has 0 saturated heterocycles. The molecule has 2 aromatic carbocycles. The molecule has 0 aliphatic carbocycles. The van der Waals surface area contributed by atoms with E-state index in [9.17, 15) is 14.7 Å². The van der Waals surface area contributed by atoms with Crippen molar-refractivity contribution in [3.8, 4) is 17.2 Å². The highest BCUT2D eigenvalue weighted by Gasteiger charge is 2.40. The quantitative estimate of drug-likeness (QED) is 0.664. The van der Waals surface area contributed by atoms with Gasteiger partial charge in [-0.05, 0) is 17.7 Å². The molecule has 0 unspecified atom stereocenters. The van der Waals surface area contributed by atoms with Gasteiger partial charge in [0, 0.05) is 24.0 Å². The van der Waals surface area contributed by atoms with Crippen molar-refractivity contribution in [2.75, 3.05) is 38.6 Å². The van der Waals surface area contributed by atoms with Gasteiger partial charge in [-0.1, -0.05) is 12.1 Å². The maximum atomic E-state index is 13.3. The van der Waals surface area contributed by atoms with Gasteiger partial charge in [-0.3, -0.25) is 9.59 Å². The molecule has 152 valence electrons. The van der Waals surface area contributed by atoms with E-state index in [4.69, 9.17) is 14.2 Å². The van der Waals surface area contributed by atoms with E-state index in [1.165, 1.54) is 14.2 Å². The summed E-state index contributed by atoms with van der Waals surface area (Å²) in [6.07, 6.45) is 0. The lowest BCUT2D eigenvalue weighted by Gasteiger charge is -2.17. The lowest BCUT2D eigenvalue weighted by molar-refractivity contribution is -0.119. The highest BCUT2D eigenvalue weighted by Crippen LogP contribution is 2.40. The van der Waals surface area contributed by atoms with Crippen LogP contribution in [0.25, 0.3) is 5.57 Å². The normalized spacial score (nSPS) is 13.9. The Kier molecular flexibility index (Phi) is 6.46. The third kappa shape index (κ3) is 4.08. The molecule has 0 spiro atoms. The first-order valence-corrected chi connectivity index (χ1v) is 9.76. The zero-order valence-corrected chi connectivity index (χ0v) is 17.1. The minimum atomic E-state index is -0.449. The third-order valence-electron chi connectivity index (χ3n) is 4.35. The number of aliphatic hydroxyl groups excluding tert-OH is 1. The zero-order chi connectivity index (χ0) is 21.0. The molecule has 2 aromatic rings. The van der Waals surface area contributed by atoms with Gasteiger partial charge in [0.1, 0.15) is 17.2 Å². The van der Waals surface area contributed by atoms with Gasteiger partial charge in [0.25, 0.3) is 11.8 Å². The van der Waals surface area contributed by atoms with Crippen LogP contribution in [-0.2, 0) is 9.59 Å². The Morgan fingerprint density at radius 1 is 0.862 bits per heavy atom. The average Bonchev–Trinajstić information content (AvgIpc) is 3.01. The standard InChI is InChI=1S/C21H21NO6S/c1-26-15-6-4-13(5-7-15)18-19(29-9-8-23)21(25)22(20(18)24)14-10-16(27-2)12-17(11-14)28-3/h4-7,10-12,23H,8-9H2,1-3H3. The summed E-state index contributed by atoms with van der Waals surface area (Å²) in [5.41, 5.74) is 1.24. The number of amides is 2. The maximum absolute atomic E-state index is 13.3. The van der Waals surface area contributed by atoms with Gasteiger partial charge in [0.15, 0.2) is 0 Å². The minimum absolute atomic E-state index is 0.113. The molecule has 0 radical (unpaired) electrons. The number of benzene rings is 2. The van der Waals surface area contributed by atoms with E-state index in [1.54, 1.807) is 49.6 Å². The highest BCUT2D eigenvalue weighted by atomic mass is 32.2. The number of carbonyl (C=O) groups excluding carboxylic acids is 2. The van der Waals surface area contributed by atoms with Crippen LogP contribution in [0.1, 0.15) is 5.56 Å². The fraction of sp³-hybridized carbons (Fsp3) is 0.238. The van der Waals surface area contributed by atoms with Gasteiger partial charge in [-0.15, -0.1) is 11.8 Å². The molecule has 8 heteroatoms. The Morgan fingerprint density at radius 2 is 1.45 bits per heavy atom. The zero-order valence-electron chi connectivity index (χ0n) is 16.3. The smallest absolute Gasteiger partial charge is 0.272 e. The summed E-state index contributed by atoms with van der Waals surface area (Å²) in [6, 6.07) is 11.8. The van der Waals surface area contributed by atoms with Gasteiger partial charge in [0.05, 0.1) is 44.1 Å². The van der Waals surface area contributed by atoms with Crippen molar-refractivity contribution < 1.29 is 28.9 Å². The van der Waals surface area contributed by atoms with Crippen molar-refractivity contribution in [3.63, 3.8) is 0 Å².